The highest BCUT2D eigenvalue weighted by Crippen LogP contribution is 2.44. The van der Waals surface area contributed by atoms with Gasteiger partial charge in [-0.3, -0.25) is 0 Å². The van der Waals surface area contributed by atoms with E-state index >= 15 is 0 Å². The smallest absolute Gasteiger partial charge is 0.319 e. The summed E-state index contributed by atoms with van der Waals surface area (Å²) in [6.07, 6.45) is 4.07. The van der Waals surface area contributed by atoms with Crippen LogP contribution in [-0.4, -0.2) is 17.7 Å². The first-order chi connectivity index (χ1) is 13.2. The number of carbonyl (C=O) groups excluding carboxylic acids is 1. The molecule has 1 aromatic carbocycles. The Hall–Kier alpha value is -1.85. The molecule has 0 spiro atoms. The van der Waals surface area contributed by atoms with Gasteiger partial charge in [-0.15, -0.1) is 11.3 Å². The number of nitrogens with one attached hydrogen (secondary N) is 2. The third-order valence-electron chi connectivity index (χ3n) is 5.72. The van der Waals surface area contributed by atoms with Gasteiger partial charge in [-0.25, -0.2) is 4.79 Å². The zero-order valence-corrected chi connectivity index (χ0v) is 18.2. The molecule has 0 bridgehead atoms. The fourth-order valence-electron chi connectivity index (χ4n) is 3.90. The van der Waals surface area contributed by atoms with Gasteiger partial charge in [0.25, 0.3) is 0 Å². The summed E-state index contributed by atoms with van der Waals surface area (Å²) in [6, 6.07) is 12.0. The lowest BCUT2D eigenvalue weighted by molar-refractivity contribution is 0.203. The summed E-state index contributed by atoms with van der Waals surface area (Å²) >= 11 is 1.67. The summed E-state index contributed by atoms with van der Waals surface area (Å²) in [5.41, 5.74) is 2.14. The van der Waals surface area contributed by atoms with Gasteiger partial charge in [-0.2, -0.15) is 0 Å². The average molecular weight is 401 g/mol. The van der Waals surface area contributed by atoms with Crippen molar-refractivity contribution >= 4 is 23.1 Å². The van der Waals surface area contributed by atoms with Gasteiger partial charge in [-0.05, 0) is 55.0 Å². The van der Waals surface area contributed by atoms with Crippen molar-refractivity contribution in [1.82, 2.24) is 5.32 Å². The fourth-order valence-corrected chi connectivity index (χ4v) is 5.09. The first kappa shape index (κ1) is 20.9. The van der Waals surface area contributed by atoms with Crippen molar-refractivity contribution in [3.8, 4) is 0 Å². The zero-order chi connectivity index (χ0) is 20.4. The third kappa shape index (κ3) is 4.76. The summed E-state index contributed by atoms with van der Waals surface area (Å²) in [7, 11) is 0. The molecule has 152 valence electrons. The van der Waals surface area contributed by atoms with Crippen LogP contribution in [0.15, 0.2) is 36.4 Å². The lowest BCUT2D eigenvalue weighted by atomic mass is 9.84. The number of carbonyl (C=O) groups is 1. The number of urea groups is 1. The molecule has 2 aromatic rings. The summed E-state index contributed by atoms with van der Waals surface area (Å²) < 4.78 is 0. The summed E-state index contributed by atoms with van der Waals surface area (Å²) in [5.74, 6) is 0. The van der Waals surface area contributed by atoms with Gasteiger partial charge in [0.15, 0.2) is 0 Å². The van der Waals surface area contributed by atoms with Gasteiger partial charge in [0, 0.05) is 27.4 Å². The number of benzene rings is 1. The molecule has 1 saturated carbocycles. The number of aliphatic hydroxyl groups is 1. The molecule has 2 amide bonds. The molecule has 1 atom stereocenters. The van der Waals surface area contributed by atoms with Crippen LogP contribution in [0.4, 0.5) is 10.5 Å². The van der Waals surface area contributed by atoms with Crippen LogP contribution in [-0.2, 0) is 10.8 Å². The van der Waals surface area contributed by atoms with Crippen LogP contribution in [0.5, 0.6) is 0 Å². The molecule has 1 aliphatic carbocycles. The minimum Gasteiger partial charge on any atom is -0.388 e. The molecule has 3 rings (SSSR count). The molecule has 0 radical (unpaired) electrons. The van der Waals surface area contributed by atoms with Gasteiger partial charge < -0.3 is 15.7 Å². The van der Waals surface area contributed by atoms with E-state index in [4.69, 9.17) is 0 Å². The van der Waals surface area contributed by atoms with E-state index in [0.717, 1.165) is 23.4 Å². The monoisotopic (exact) mass is 400 g/mol. The zero-order valence-electron chi connectivity index (χ0n) is 17.3. The van der Waals surface area contributed by atoms with E-state index in [1.807, 2.05) is 18.2 Å². The minimum atomic E-state index is -0.440. The predicted molar refractivity (Wildman–Crippen MR) is 117 cm³/mol. The first-order valence-corrected chi connectivity index (χ1v) is 10.9. The Balaban J connectivity index is 1.63. The number of thiophene rings is 1. The Kier molecular flexibility index (Phi) is 6.15. The van der Waals surface area contributed by atoms with Crippen LogP contribution in [0.3, 0.4) is 0 Å². The number of aliphatic hydroxyl groups excluding tert-OH is 1. The van der Waals surface area contributed by atoms with Crippen molar-refractivity contribution < 1.29 is 9.90 Å². The molecule has 0 saturated heterocycles. The molecule has 1 aromatic heterocycles. The maximum Gasteiger partial charge on any atom is 0.319 e. The largest absolute Gasteiger partial charge is 0.388 e. The van der Waals surface area contributed by atoms with E-state index in [0.29, 0.717) is 6.54 Å². The standard InChI is InChI=1S/C23H32N2O2S/c1-16(26)19-11-12-20(28-19)23(13-5-6-14-23)15-24-21(27)25-18-9-7-17(8-10-18)22(2,3)4/h7-12,16,26H,5-6,13-15H2,1-4H3,(H2,24,25,27). The second-order valence-corrected chi connectivity index (χ2v) is 10.1. The van der Waals surface area contributed by atoms with E-state index in [9.17, 15) is 9.90 Å². The molecule has 1 fully saturated rings. The number of hydrogen-bond donors (Lipinski definition) is 3. The topological polar surface area (TPSA) is 61.4 Å². The quantitative estimate of drug-likeness (QED) is 0.600. The fraction of sp³-hybridized carbons (Fsp3) is 0.522. The van der Waals surface area contributed by atoms with Crippen molar-refractivity contribution in [2.45, 2.75) is 70.3 Å². The molecule has 5 heteroatoms. The van der Waals surface area contributed by atoms with E-state index in [1.54, 1.807) is 18.3 Å². The number of rotatable bonds is 5. The van der Waals surface area contributed by atoms with Gasteiger partial charge in [-0.1, -0.05) is 45.7 Å². The van der Waals surface area contributed by atoms with Crippen LogP contribution in [0, 0.1) is 0 Å². The SMILES string of the molecule is CC(O)c1ccc(C2(CNC(=O)Nc3ccc(C(C)(C)C)cc3)CCCC2)s1. The van der Waals surface area contributed by atoms with Crippen LogP contribution >= 0.6 is 11.3 Å². The second-order valence-electron chi connectivity index (χ2n) is 9.00. The van der Waals surface area contributed by atoms with Crippen molar-refractivity contribution in [1.29, 1.82) is 0 Å². The van der Waals surface area contributed by atoms with E-state index in [-0.39, 0.29) is 16.9 Å². The number of hydrogen-bond acceptors (Lipinski definition) is 3. The molecular weight excluding hydrogens is 368 g/mol. The van der Waals surface area contributed by atoms with Gasteiger partial charge in [0.1, 0.15) is 0 Å². The van der Waals surface area contributed by atoms with Gasteiger partial charge in [0.05, 0.1) is 6.10 Å². The molecule has 1 unspecified atom stereocenters. The van der Waals surface area contributed by atoms with E-state index in [2.05, 4.69) is 49.6 Å². The number of anilines is 1. The Morgan fingerprint density at radius 3 is 2.32 bits per heavy atom. The second kappa shape index (κ2) is 8.26. The first-order valence-electron chi connectivity index (χ1n) is 10.1. The number of amides is 2. The molecule has 28 heavy (non-hydrogen) atoms. The Labute approximate surface area is 172 Å². The minimum absolute atomic E-state index is 0.00869. The third-order valence-corrected chi connectivity index (χ3v) is 7.22. The maximum atomic E-state index is 12.5. The highest BCUT2D eigenvalue weighted by atomic mass is 32.1. The molecule has 1 aliphatic rings. The Bertz CT molecular complexity index is 797. The van der Waals surface area contributed by atoms with Crippen molar-refractivity contribution in [2.24, 2.45) is 0 Å². The van der Waals surface area contributed by atoms with E-state index in [1.165, 1.54) is 23.3 Å². The van der Waals surface area contributed by atoms with Crippen LogP contribution in [0.25, 0.3) is 0 Å². The molecule has 0 aliphatic heterocycles. The normalized spacial score (nSPS) is 17.3. The summed E-state index contributed by atoms with van der Waals surface area (Å²) in [4.78, 5) is 14.7. The highest BCUT2D eigenvalue weighted by Gasteiger charge is 2.37. The lowest BCUT2D eigenvalue weighted by Crippen LogP contribution is -2.40. The summed E-state index contributed by atoms with van der Waals surface area (Å²) in [6.45, 7) is 8.95. The van der Waals surface area contributed by atoms with Crippen molar-refractivity contribution in [3.05, 3.63) is 51.7 Å². The lowest BCUT2D eigenvalue weighted by Gasteiger charge is -2.28. The summed E-state index contributed by atoms with van der Waals surface area (Å²) in [5, 5.41) is 15.9. The molecule has 4 nitrogen and oxygen atoms in total. The molecular formula is C23H32N2O2S. The Morgan fingerprint density at radius 1 is 1.14 bits per heavy atom. The predicted octanol–water partition coefficient (Wildman–Crippen LogP) is 5.73. The Morgan fingerprint density at radius 2 is 1.79 bits per heavy atom. The molecule has 3 N–H and O–H groups in total. The van der Waals surface area contributed by atoms with Crippen molar-refractivity contribution in [3.63, 3.8) is 0 Å². The van der Waals surface area contributed by atoms with Crippen molar-refractivity contribution in [2.75, 3.05) is 11.9 Å². The van der Waals surface area contributed by atoms with E-state index < -0.39 is 6.10 Å². The van der Waals surface area contributed by atoms with Crippen LogP contribution in [0.1, 0.15) is 74.8 Å². The maximum absolute atomic E-state index is 12.5. The van der Waals surface area contributed by atoms with Gasteiger partial charge >= 0.3 is 6.03 Å². The molecule has 1 heterocycles. The average Bonchev–Trinajstić information content (AvgIpc) is 3.30. The highest BCUT2D eigenvalue weighted by molar-refractivity contribution is 7.12. The van der Waals surface area contributed by atoms with Gasteiger partial charge in [0.2, 0.25) is 0 Å². The van der Waals surface area contributed by atoms with Crippen LogP contribution < -0.4 is 10.6 Å². The van der Waals surface area contributed by atoms with Crippen LogP contribution in [0.2, 0.25) is 0 Å².